The largest absolute Gasteiger partial charge is 0.464 e. The van der Waals surface area contributed by atoms with Gasteiger partial charge in [-0.15, -0.1) is 11.8 Å². The number of pyridine rings is 1. The van der Waals surface area contributed by atoms with Crippen LogP contribution in [0.4, 0.5) is 0 Å². The molecule has 2 heterocycles. The van der Waals surface area contributed by atoms with Gasteiger partial charge in [-0.2, -0.15) is 5.26 Å². The summed E-state index contributed by atoms with van der Waals surface area (Å²) in [6, 6.07) is 18.4. The lowest BCUT2D eigenvalue weighted by Crippen LogP contribution is -1.97. The van der Waals surface area contributed by atoms with Gasteiger partial charge in [-0.25, -0.2) is 4.98 Å². The maximum Gasteiger partial charge on any atom is 0.135 e. The molecule has 1 aromatic carbocycles. The van der Waals surface area contributed by atoms with E-state index in [1.165, 1.54) is 18.4 Å². The van der Waals surface area contributed by atoms with Crippen LogP contribution in [0.25, 0.3) is 11.3 Å². The maximum absolute atomic E-state index is 9.70. The summed E-state index contributed by atoms with van der Waals surface area (Å²) in [6.45, 7) is 0. The van der Waals surface area contributed by atoms with Crippen LogP contribution in [0.3, 0.4) is 0 Å². The zero-order chi connectivity index (χ0) is 16.4. The molecule has 4 rings (SSSR count). The van der Waals surface area contributed by atoms with Crippen LogP contribution < -0.4 is 0 Å². The Hall–Kier alpha value is -2.51. The van der Waals surface area contributed by atoms with E-state index < -0.39 is 0 Å². The van der Waals surface area contributed by atoms with Gasteiger partial charge in [-0.3, -0.25) is 0 Å². The van der Waals surface area contributed by atoms with Crippen molar-refractivity contribution >= 4 is 11.8 Å². The summed E-state index contributed by atoms with van der Waals surface area (Å²) in [5.74, 6) is 2.06. The van der Waals surface area contributed by atoms with Crippen molar-refractivity contribution in [3.8, 4) is 17.4 Å². The predicted molar refractivity (Wildman–Crippen MR) is 94.6 cm³/mol. The molecule has 118 valence electrons. The van der Waals surface area contributed by atoms with Crippen LogP contribution in [0.1, 0.15) is 35.6 Å². The fraction of sp³-hybridized carbons (Fsp3) is 0.200. The van der Waals surface area contributed by atoms with Crippen molar-refractivity contribution in [3.63, 3.8) is 0 Å². The van der Waals surface area contributed by atoms with Crippen LogP contribution in [0, 0.1) is 11.3 Å². The third-order valence-corrected chi connectivity index (χ3v) is 5.17. The van der Waals surface area contributed by atoms with Crippen LogP contribution in [0.15, 0.2) is 64.2 Å². The Labute approximate surface area is 145 Å². The molecule has 0 N–H and O–H groups in total. The molecular weight excluding hydrogens is 316 g/mol. The molecule has 0 unspecified atom stereocenters. The maximum atomic E-state index is 9.70. The lowest BCUT2D eigenvalue weighted by Gasteiger charge is -2.10. The van der Waals surface area contributed by atoms with Crippen LogP contribution >= 0.6 is 11.8 Å². The molecule has 2 aromatic heterocycles. The SMILES string of the molecule is N#Cc1c(-c2ccco2)cc(C2CC2)nc1SCc1ccccc1. The Morgan fingerprint density at radius 3 is 2.67 bits per heavy atom. The third-order valence-electron chi connectivity index (χ3n) is 4.12. The first kappa shape index (κ1) is 15.0. The minimum Gasteiger partial charge on any atom is -0.464 e. The third kappa shape index (κ3) is 3.08. The standard InChI is InChI=1S/C20H16N2OS/c21-12-17-16(19-7-4-10-23-19)11-18(15-8-9-15)22-20(17)24-13-14-5-2-1-3-6-14/h1-7,10-11,15H,8-9,13H2. The second-order valence-corrected chi connectivity index (χ2v) is 6.88. The minimum atomic E-state index is 0.530. The Kier molecular flexibility index (Phi) is 4.10. The molecule has 0 saturated heterocycles. The van der Waals surface area contributed by atoms with Crippen LogP contribution in [-0.4, -0.2) is 4.98 Å². The first-order valence-corrected chi connectivity index (χ1v) is 8.99. The van der Waals surface area contributed by atoms with Crippen molar-refractivity contribution in [1.82, 2.24) is 4.98 Å². The summed E-state index contributed by atoms with van der Waals surface area (Å²) in [7, 11) is 0. The topological polar surface area (TPSA) is 49.8 Å². The van der Waals surface area contributed by atoms with E-state index in [1.807, 2.05) is 36.4 Å². The average molecular weight is 332 g/mol. The zero-order valence-electron chi connectivity index (χ0n) is 13.1. The zero-order valence-corrected chi connectivity index (χ0v) is 13.9. The average Bonchev–Trinajstić information content (AvgIpc) is 3.34. The van der Waals surface area contributed by atoms with E-state index in [-0.39, 0.29) is 0 Å². The number of thioether (sulfide) groups is 1. The highest BCUT2D eigenvalue weighted by atomic mass is 32.2. The van der Waals surface area contributed by atoms with Gasteiger partial charge in [-0.1, -0.05) is 30.3 Å². The molecule has 0 spiro atoms. The molecule has 0 aliphatic heterocycles. The summed E-state index contributed by atoms with van der Waals surface area (Å²) in [5, 5.41) is 10.5. The molecule has 4 heteroatoms. The first-order valence-electron chi connectivity index (χ1n) is 8.01. The van der Waals surface area contributed by atoms with E-state index in [0.29, 0.717) is 11.5 Å². The fourth-order valence-corrected chi connectivity index (χ4v) is 3.66. The van der Waals surface area contributed by atoms with E-state index in [0.717, 1.165) is 27.8 Å². The Morgan fingerprint density at radius 2 is 2.00 bits per heavy atom. The molecular formula is C20H16N2OS. The first-order chi connectivity index (χ1) is 11.8. The van der Waals surface area contributed by atoms with Crippen molar-refractivity contribution in [2.75, 3.05) is 0 Å². The quantitative estimate of drug-likeness (QED) is 0.588. The Morgan fingerprint density at radius 1 is 1.17 bits per heavy atom. The number of aromatic nitrogens is 1. The van der Waals surface area contributed by atoms with E-state index in [1.54, 1.807) is 18.0 Å². The van der Waals surface area contributed by atoms with Crippen molar-refractivity contribution in [3.05, 3.63) is 71.6 Å². The van der Waals surface area contributed by atoms with Gasteiger partial charge >= 0.3 is 0 Å². The lowest BCUT2D eigenvalue weighted by molar-refractivity contribution is 0.581. The molecule has 0 radical (unpaired) electrons. The summed E-state index contributed by atoms with van der Waals surface area (Å²) in [5.41, 5.74) is 3.77. The highest BCUT2D eigenvalue weighted by Crippen LogP contribution is 2.42. The number of benzene rings is 1. The number of furan rings is 1. The van der Waals surface area contributed by atoms with Gasteiger partial charge in [0.05, 0.1) is 11.8 Å². The molecule has 3 aromatic rings. The molecule has 24 heavy (non-hydrogen) atoms. The lowest BCUT2D eigenvalue weighted by atomic mass is 10.1. The molecule has 1 fully saturated rings. The molecule has 1 saturated carbocycles. The molecule has 1 aliphatic rings. The molecule has 3 nitrogen and oxygen atoms in total. The molecule has 0 amide bonds. The van der Waals surface area contributed by atoms with Crippen molar-refractivity contribution in [2.45, 2.75) is 29.5 Å². The Balaban J connectivity index is 1.73. The Bertz CT molecular complexity index is 878. The van der Waals surface area contributed by atoms with Gasteiger partial charge in [-0.05, 0) is 36.6 Å². The number of rotatable bonds is 5. The number of nitriles is 1. The normalized spacial score (nSPS) is 13.6. The summed E-state index contributed by atoms with van der Waals surface area (Å²) < 4.78 is 5.55. The molecule has 1 aliphatic carbocycles. The predicted octanol–water partition coefficient (Wildman–Crippen LogP) is 5.38. The van der Waals surface area contributed by atoms with Crippen LogP contribution in [-0.2, 0) is 5.75 Å². The number of hydrogen-bond donors (Lipinski definition) is 0. The van der Waals surface area contributed by atoms with Crippen molar-refractivity contribution in [2.24, 2.45) is 0 Å². The van der Waals surface area contributed by atoms with Gasteiger partial charge in [0.25, 0.3) is 0 Å². The van der Waals surface area contributed by atoms with Gasteiger partial charge in [0.15, 0.2) is 0 Å². The minimum absolute atomic E-state index is 0.530. The van der Waals surface area contributed by atoms with E-state index in [2.05, 4.69) is 18.2 Å². The van der Waals surface area contributed by atoms with Crippen LogP contribution in [0.5, 0.6) is 0 Å². The van der Waals surface area contributed by atoms with E-state index >= 15 is 0 Å². The highest BCUT2D eigenvalue weighted by Gasteiger charge is 2.28. The van der Waals surface area contributed by atoms with Crippen molar-refractivity contribution < 1.29 is 4.42 Å². The summed E-state index contributed by atoms with van der Waals surface area (Å²) in [6.07, 6.45) is 4.00. The van der Waals surface area contributed by atoms with E-state index in [4.69, 9.17) is 9.40 Å². The second-order valence-electron chi connectivity index (χ2n) is 5.91. The smallest absolute Gasteiger partial charge is 0.135 e. The number of hydrogen-bond acceptors (Lipinski definition) is 4. The van der Waals surface area contributed by atoms with Gasteiger partial charge in [0.2, 0.25) is 0 Å². The second kappa shape index (κ2) is 6.54. The summed E-state index contributed by atoms with van der Waals surface area (Å²) in [4.78, 5) is 4.79. The number of nitrogens with zero attached hydrogens (tertiary/aromatic N) is 2. The fourth-order valence-electron chi connectivity index (χ4n) is 2.69. The highest BCUT2D eigenvalue weighted by molar-refractivity contribution is 7.98. The summed E-state index contributed by atoms with van der Waals surface area (Å²) >= 11 is 1.62. The molecule has 0 atom stereocenters. The van der Waals surface area contributed by atoms with Gasteiger partial charge < -0.3 is 4.42 Å². The molecule has 0 bridgehead atoms. The van der Waals surface area contributed by atoms with Crippen LogP contribution in [0.2, 0.25) is 0 Å². The van der Waals surface area contributed by atoms with E-state index in [9.17, 15) is 5.26 Å². The van der Waals surface area contributed by atoms with Gasteiger partial charge in [0, 0.05) is 22.9 Å². The monoisotopic (exact) mass is 332 g/mol. The van der Waals surface area contributed by atoms with Crippen molar-refractivity contribution in [1.29, 1.82) is 5.26 Å². The van der Waals surface area contributed by atoms with Gasteiger partial charge in [0.1, 0.15) is 16.9 Å².